The van der Waals surface area contributed by atoms with Crippen LogP contribution >= 0.6 is 0 Å². The lowest BCUT2D eigenvalue weighted by Gasteiger charge is -2.37. The summed E-state index contributed by atoms with van der Waals surface area (Å²) in [5, 5.41) is 8.33. The van der Waals surface area contributed by atoms with Gasteiger partial charge in [0, 0.05) is 51.3 Å². The summed E-state index contributed by atoms with van der Waals surface area (Å²) in [5.41, 5.74) is 3.91. The summed E-state index contributed by atoms with van der Waals surface area (Å²) in [6.07, 6.45) is 1.28. The van der Waals surface area contributed by atoms with Crippen molar-refractivity contribution in [2.24, 2.45) is 7.05 Å². The number of hydrogen-bond donors (Lipinski definition) is 0. The predicted octanol–water partition coefficient (Wildman–Crippen LogP) is 4.36. The Morgan fingerprint density at radius 3 is 2.52 bits per heavy atom. The summed E-state index contributed by atoms with van der Waals surface area (Å²) >= 11 is 0. The fourth-order valence-corrected chi connectivity index (χ4v) is 6.32. The molecule has 9 nitrogen and oxygen atoms in total. The monoisotopic (exact) mass is 575 g/mol. The van der Waals surface area contributed by atoms with Crippen molar-refractivity contribution in [3.05, 3.63) is 83.0 Å². The molecule has 2 amide bonds. The van der Waals surface area contributed by atoms with Crippen LogP contribution < -0.4 is 0 Å². The van der Waals surface area contributed by atoms with E-state index in [0.717, 1.165) is 27.3 Å². The number of carbonyl (C=O) groups is 2. The number of carbonyl (C=O) groups excluding carboxylic acids is 2. The summed E-state index contributed by atoms with van der Waals surface area (Å²) in [6, 6.07) is 9.11. The van der Waals surface area contributed by atoms with Crippen molar-refractivity contribution >= 4 is 22.8 Å². The van der Waals surface area contributed by atoms with Gasteiger partial charge in [0.05, 0.1) is 34.1 Å². The first-order chi connectivity index (χ1) is 20.1. The minimum absolute atomic E-state index is 0.0277. The van der Waals surface area contributed by atoms with Crippen LogP contribution in [0.3, 0.4) is 0 Å². The topological polar surface area (TPSA) is 89.2 Å². The molecule has 1 aliphatic carbocycles. The van der Waals surface area contributed by atoms with Crippen LogP contribution in [0.25, 0.3) is 16.7 Å². The molecule has 5 heterocycles. The number of pyridine rings is 1. The third kappa shape index (κ3) is 4.27. The Hall–Kier alpha value is -4.48. The highest BCUT2D eigenvalue weighted by Gasteiger charge is 2.41. The summed E-state index contributed by atoms with van der Waals surface area (Å²) in [7, 11) is 1.38. The number of fused-ring (bicyclic) bond motifs is 1. The van der Waals surface area contributed by atoms with Crippen molar-refractivity contribution in [3.8, 4) is 5.69 Å². The average Bonchev–Trinajstić information content (AvgIpc) is 3.72. The van der Waals surface area contributed by atoms with Gasteiger partial charge in [0.15, 0.2) is 11.3 Å². The Morgan fingerprint density at radius 1 is 1.07 bits per heavy atom. The summed E-state index contributed by atoms with van der Waals surface area (Å²) in [5.74, 6) is -0.0782. The van der Waals surface area contributed by atoms with Gasteiger partial charge in [0.1, 0.15) is 0 Å². The van der Waals surface area contributed by atoms with Crippen LogP contribution in [0.4, 0.5) is 13.2 Å². The molecule has 2 aliphatic heterocycles. The number of rotatable bonds is 4. The van der Waals surface area contributed by atoms with Gasteiger partial charge in [-0.05, 0) is 48.6 Å². The van der Waals surface area contributed by atoms with Gasteiger partial charge in [-0.3, -0.25) is 9.59 Å². The second kappa shape index (κ2) is 9.53. The Balaban J connectivity index is 1.29. The molecule has 1 saturated carbocycles. The van der Waals surface area contributed by atoms with Gasteiger partial charge in [-0.2, -0.15) is 23.4 Å². The van der Waals surface area contributed by atoms with E-state index in [0.29, 0.717) is 31.8 Å². The molecule has 1 atom stereocenters. The quantitative estimate of drug-likeness (QED) is 0.338. The predicted molar refractivity (Wildman–Crippen MR) is 147 cm³/mol. The minimum atomic E-state index is -4.70. The van der Waals surface area contributed by atoms with Crippen LogP contribution in [0.15, 0.2) is 49.2 Å². The van der Waals surface area contributed by atoms with Gasteiger partial charge in [0.2, 0.25) is 5.91 Å². The highest BCUT2D eigenvalue weighted by molar-refractivity contribution is 5.98. The molecule has 0 N–H and O–H groups in total. The number of aromatic nitrogens is 5. The Morgan fingerprint density at radius 2 is 1.83 bits per heavy atom. The highest BCUT2D eigenvalue weighted by Crippen LogP contribution is 2.41. The fourth-order valence-electron chi connectivity index (χ4n) is 6.32. The number of halogens is 3. The summed E-state index contributed by atoms with van der Waals surface area (Å²) in [4.78, 5) is 34.2. The van der Waals surface area contributed by atoms with Gasteiger partial charge in [-0.25, -0.2) is 14.3 Å². The molecule has 0 saturated heterocycles. The molecule has 1 aromatic carbocycles. The third-order valence-electron chi connectivity index (χ3n) is 8.54. The van der Waals surface area contributed by atoms with Crippen LogP contribution in [0, 0.1) is 0 Å². The molecule has 0 unspecified atom stereocenters. The maximum absolute atomic E-state index is 14.0. The lowest BCUT2D eigenvalue weighted by Crippen LogP contribution is -2.45. The Bertz CT molecular complexity index is 1750. The zero-order valence-corrected chi connectivity index (χ0v) is 22.9. The molecule has 3 aliphatic rings. The van der Waals surface area contributed by atoms with Crippen molar-refractivity contribution in [1.82, 2.24) is 34.3 Å². The van der Waals surface area contributed by atoms with E-state index in [9.17, 15) is 22.8 Å². The lowest BCUT2D eigenvalue weighted by atomic mass is 9.94. The van der Waals surface area contributed by atoms with E-state index in [1.54, 1.807) is 9.80 Å². The maximum atomic E-state index is 14.0. The van der Waals surface area contributed by atoms with E-state index in [1.807, 2.05) is 4.68 Å². The normalized spacial score (nSPS) is 18.6. The van der Waals surface area contributed by atoms with E-state index < -0.39 is 23.8 Å². The van der Waals surface area contributed by atoms with E-state index >= 15 is 0 Å². The number of hydrogen-bond acceptors (Lipinski definition) is 5. The molecule has 7 rings (SSSR count). The number of benzene rings is 1. The summed E-state index contributed by atoms with van der Waals surface area (Å²) < 4.78 is 44.1. The number of aryl methyl sites for hydroxylation is 1. The minimum Gasteiger partial charge on any atom is -0.336 e. The molecular formula is C30H28F3N7O2. The van der Waals surface area contributed by atoms with E-state index in [1.165, 1.54) is 43.8 Å². The van der Waals surface area contributed by atoms with Gasteiger partial charge >= 0.3 is 6.18 Å². The van der Waals surface area contributed by atoms with Crippen molar-refractivity contribution in [3.63, 3.8) is 0 Å². The van der Waals surface area contributed by atoms with Gasteiger partial charge < -0.3 is 9.80 Å². The van der Waals surface area contributed by atoms with Crippen LogP contribution in [0.5, 0.6) is 0 Å². The van der Waals surface area contributed by atoms with E-state index in [4.69, 9.17) is 5.10 Å². The molecular weight excluding hydrogens is 547 g/mol. The zero-order chi connectivity index (χ0) is 29.3. The molecule has 0 bridgehead atoms. The van der Waals surface area contributed by atoms with Crippen LogP contribution in [0.1, 0.15) is 63.4 Å². The smallest absolute Gasteiger partial charge is 0.336 e. The van der Waals surface area contributed by atoms with Crippen molar-refractivity contribution in [1.29, 1.82) is 0 Å². The number of alkyl halides is 3. The molecule has 3 aromatic heterocycles. The van der Waals surface area contributed by atoms with Gasteiger partial charge in [-0.15, -0.1) is 0 Å². The molecule has 216 valence electrons. The lowest BCUT2D eigenvalue weighted by molar-refractivity contribution is -0.140. The molecule has 0 spiro atoms. The standard InChI is InChI=1S/C30H28F3N7O2/c1-3-25(41)38-12-10-22-26-23(40(35-22)20-8-6-18(7-9-20)17-4-5-17)11-13-39(24(26)16-38)29(42)19-14-21-27(30(31,32)33)36-37(2)28(21)34-15-19/h3,6-9,14-15,17,24H,1,4-5,10-13,16H2,2H3/t24-/m1/s1. The van der Waals surface area contributed by atoms with Gasteiger partial charge in [0.25, 0.3) is 5.91 Å². The van der Waals surface area contributed by atoms with Crippen LogP contribution in [-0.2, 0) is 30.9 Å². The highest BCUT2D eigenvalue weighted by atomic mass is 19.4. The van der Waals surface area contributed by atoms with E-state index in [-0.39, 0.29) is 29.0 Å². The molecule has 0 radical (unpaired) electrons. The SMILES string of the molecule is C=CC(=O)N1CCc2nn(-c3ccc(C4CC4)cc3)c3c2[C@@H](C1)N(C(=O)c1cnc2c(c1)c(C(F)(F)F)nn2C)CC3. The fraction of sp³-hybridized carbons (Fsp3) is 0.367. The molecule has 1 fully saturated rings. The average molecular weight is 576 g/mol. The number of amides is 2. The first-order valence-electron chi connectivity index (χ1n) is 14.0. The largest absolute Gasteiger partial charge is 0.435 e. The first-order valence-corrected chi connectivity index (χ1v) is 14.0. The second-order valence-corrected chi connectivity index (χ2v) is 11.2. The summed E-state index contributed by atoms with van der Waals surface area (Å²) in [6.45, 7) is 4.55. The van der Waals surface area contributed by atoms with Crippen molar-refractivity contribution in [2.45, 2.75) is 43.8 Å². The molecule has 42 heavy (non-hydrogen) atoms. The van der Waals surface area contributed by atoms with Crippen molar-refractivity contribution in [2.75, 3.05) is 19.6 Å². The molecule has 4 aromatic rings. The Labute approximate surface area is 239 Å². The Kier molecular flexibility index (Phi) is 6.00. The zero-order valence-electron chi connectivity index (χ0n) is 22.9. The first kappa shape index (κ1) is 26.4. The van der Waals surface area contributed by atoms with Crippen LogP contribution in [-0.4, -0.2) is 65.8 Å². The third-order valence-corrected chi connectivity index (χ3v) is 8.54. The second-order valence-electron chi connectivity index (χ2n) is 11.2. The maximum Gasteiger partial charge on any atom is 0.435 e. The van der Waals surface area contributed by atoms with Crippen LogP contribution in [0.2, 0.25) is 0 Å². The van der Waals surface area contributed by atoms with Gasteiger partial charge in [-0.1, -0.05) is 18.7 Å². The number of nitrogens with zero attached hydrogens (tertiary/aromatic N) is 7. The van der Waals surface area contributed by atoms with E-state index in [2.05, 4.69) is 40.9 Å². The van der Waals surface area contributed by atoms with Crippen molar-refractivity contribution < 1.29 is 22.8 Å². The molecule has 12 heteroatoms.